The summed E-state index contributed by atoms with van der Waals surface area (Å²) in [7, 11) is -3.62. The van der Waals surface area contributed by atoms with E-state index in [0.717, 1.165) is 5.56 Å². The van der Waals surface area contributed by atoms with Gasteiger partial charge in [-0.05, 0) is 17.7 Å². The molecular weight excluding hydrogens is 284 g/mol. The van der Waals surface area contributed by atoms with Crippen molar-refractivity contribution < 1.29 is 8.42 Å². The fourth-order valence-electron chi connectivity index (χ4n) is 1.64. The molecule has 1 aromatic carbocycles. The molecule has 1 N–H and O–H groups in total. The number of hydrogen-bond acceptors (Lipinski definition) is 3. The zero-order chi connectivity index (χ0) is 13.7. The summed E-state index contributed by atoms with van der Waals surface area (Å²) in [6, 6.07) is 11.8. The minimum Gasteiger partial charge on any atom is -0.263 e. The zero-order valence-corrected chi connectivity index (χ0v) is 11.6. The van der Waals surface area contributed by atoms with E-state index in [9.17, 15) is 8.42 Å². The summed E-state index contributed by atoms with van der Waals surface area (Å²) in [4.78, 5) is 3.93. The fraction of sp³-hybridized carbons (Fsp3) is 0.154. The maximum atomic E-state index is 12.2. The lowest BCUT2D eigenvalue weighted by Gasteiger charge is -2.16. The van der Waals surface area contributed by atoms with E-state index in [1.54, 1.807) is 6.07 Å². The van der Waals surface area contributed by atoms with E-state index in [1.807, 2.05) is 30.3 Å². The first-order chi connectivity index (χ1) is 9.13. The molecule has 1 unspecified atom stereocenters. The number of pyridine rings is 1. The molecule has 0 aliphatic carbocycles. The Labute approximate surface area is 117 Å². The second kappa shape index (κ2) is 6.14. The number of aromatic nitrogens is 1. The van der Waals surface area contributed by atoms with Gasteiger partial charge in [0.15, 0.2) is 0 Å². The maximum absolute atomic E-state index is 12.2. The van der Waals surface area contributed by atoms with Crippen LogP contribution in [0.15, 0.2) is 59.8 Å². The second-order valence-electron chi connectivity index (χ2n) is 3.93. The van der Waals surface area contributed by atoms with Gasteiger partial charge in [-0.15, -0.1) is 11.6 Å². The topological polar surface area (TPSA) is 59.1 Å². The van der Waals surface area contributed by atoms with Crippen molar-refractivity contribution >= 4 is 21.6 Å². The average molecular weight is 297 g/mol. The van der Waals surface area contributed by atoms with Gasteiger partial charge in [0.05, 0.1) is 6.04 Å². The van der Waals surface area contributed by atoms with Gasteiger partial charge in [-0.2, -0.15) is 0 Å². The third kappa shape index (κ3) is 3.53. The molecule has 1 atom stereocenters. The van der Waals surface area contributed by atoms with E-state index in [-0.39, 0.29) is 10.8 Å². The lowest BCUT2D eigenvalue weighted by molar-refractivity contribution is 0.567. The van der Waals surface area contributed by atoms with Gasteiger partial charge in [0.1, 0.15) is 4.90 Å². The summed E-state index contributed by atoms with van der Waals surface area (Å²) in [6.07, 6.45) is 2.83. The van der Waals surface area contributed by atoms with Crippen LogP contribution < -0.4 is 4.72 Å². The molecule has 0 amide bonds. The van der Waals surface area contributed by atoms with Gasteiger partial charge in [-0.25, -0.2) is 13.1 Å². The second-order valence-corrected chi connectivity index (χ2v) is 5.95. The lowest BCUT2D eigenvalue weighted by Crippen LogP contribution is -2.29. The Hall–Kier alpha value is -1.43. The molecule has 0 bridgehead atoms. The summed E-state index contributed by atoms with van der Waals surface area (Å²) in [5.74, 6) is 0.156. The first-order valence-electron chi connectivity index (χ1n) is 5.67. The molecule has 0 radical (unpaired) electrons. The van der Waals surface area contributed by atoms with Crippen molar-refractivity contribution in [1.82, 2.24) is 9.71 Å². The van der Waals surface area contributed by atoms with E-state index in [4.69, 9.17) is 11.6 Å². The van der Waals surface area contributed by atoms with E-state index in [2.05, 4.69) is 9.71 Å². The summed E-state index contributed by atoms with van der Waals surface area (Å²) in [5, 5.41) is 0. The number of rotatable bonds is 5. The minimum atomic E-state index is -3.62. The first-order valence-corrected chi connectivity index (χ1v) is 7.68. The normalized spacial score (nSPS) is 13.1. The van der Waals surface area contributed by atoms with Crippen molar-refractivity contribution in [1.29, 1.82) is 0 Å². The van der Waals surface area contributed by atoms with Crippen molar-refractivity contribution in [2.75, 3.05) is 5.88 Å². The Kier molecular flexibility index (Phi) is 4.52. The smallest absolute Gasteiger partial charge is 0.242 e. The lowest BCUT2D eigenvalue weighted by atomic mass is 10.1. The number of hydrogen-bond donors (Lipinski definition) is 1. The molecule has 2 rings (SSSR count). The number of halogens is 1. The van der Waals surface area contributed by atoms with Gasteiger partial charge in [-0.1, -0.05) is 30.3 Å². The molecule has 0 saturated carbocycles. The van der Waals surface area contributed by atoms with Gasteiger partial charge in [0.25, 0.3) is 0 Å². The summed E-state index contributed by atoms with van der Waals surface area (Å²) in [5.41, 5.74) is 0.824. The van der Waals surface area contributed by atoms with Crippen LogP contribution in [0.5, 0.6) is 0 Å². The molecule has 6 heteroatoms. The molecule has 100 valence electrons. The zero-order valence-electron chi connectivity index (χ0n) is 10.0. The first kappa shape index (κ1) is 14.0. The van der Waals surface area contributed by atoms with Gasteiger partial charge in [0, 0.05) is 18.3 Å². The van der Waals surface area contributed by atoms with Crippen molar-refractivity contribution in [3.05, 3.63) is 60.4 Å². The van der Waals surface area contributed by atoms with Crippen LogP contribution in [0.2, 0.25) is 0 Å². The monoisotopic (exact) mass is 296 g/mol. The van der Waals surface area contributed by atoms with Crippen LogP contribution in [0.1, 0.15) is 11.6 Å². The Morgan fingerprint density at radius 2 is 1.89 bits per heavy atom. The highest BCUT2D eigenvalue weighted by molar-refractivity contribution is 7.89. The fourth-order valence-corrected chi connectivity index (χ4v) is 3.17. The largest absolute Gasteiger partial charge is 0.263 e. The van der Waals surface area contributed by atoms with Gasteiger partial charge < -0.3 is 0 Å². The summed E-state index contributed by atoms with van der Waals surface area (Å²) < 4.78 is 26.9. The van der Waals surface area contributed by atoms with Gasteiger partial charge in [0.2, 0.25) is 10.0 Å². The van der Waals surface area contributed by atoms with Crippen LogP contribution in [0.4, 0.5) is 0 Å². The minimum absolute atomic E-state index is 0.126. The average Bonchev–Trinajstić information content (AvgIpc) is 2.47. The Morgan fingerprint density at radius 3 is 2.47 bits per heavy atom. The summed E-state index contributed by atoms with van der Waals surface area (Å²) in [6.45, 7) is 0. The molecule has 1 aromatic heterocycles. The molecule has 0 aliphatic rings. The van der Waals surface area contributed by atoms with Gasteiger partial charge >= 0.3 is 0 Å². The predicted octanol–water partition coefficient (Wildman–Crippen LogP) is 2.34. The van der Waals surface area contributed by atoms with Crippen LogP contribution >= 0.6 is 11.6 Å². The predicted molar refractivity (Wildman–Crippen MR) is 74.5 cm³/mol. The number of alkyl halides is 1. The van der Waals surface area contributed by atoms with E-state index in [1.165, 1.54) is 18.5 Å². The summed E-state index contributed by atoms with van der Waals surface area (Å²) >= 11 is 5.85. The quantitative estimate of drug-likeness (QED) is 0.862. The Balaban J connectivity index is 2.24. The number of benzene rings is 1. The molecule has 1 heterocycles. The van der Waals surface area contributed by atoms with Crippen LogP contribution in [-0.4, -0.2) is 19.3 Å². The maximum Gasteiger partial charge on any atom is 0.242 e. The van der Waals surface area contributed by atoms with Crippen molar-refractivity contribution in [3.8, 4) is 0 Å². The van der Waals surface area contributed by atoms with Crippen molar-refractivity contribution in [3.63, 3.8) is 0 Å². The third-order valence-electron chi connectivity index (χ3n) is 2.60. The van der Waals surface area contributed by atoms with Crippen LogP contribution in [0.25, 0.3) is 0 Å². The highest BCUT2D eigenvalue weighted by atomic mass is 35.5. The highest BCUT2D eigenvalue weighted by Gasteiger charge is 2.20. The Morgan fingerprint density at radius 1 is 1.16 bits per heavy atom. The Bertz CT molecular complexity index is 618. The molecule has 19 heavy (non-hydrogen) atoms. The molecule has 0 aliphatic heterocycles. The SMILES string of the molecule is O=S(=O)(NC(CCl)c1ccccc1)c1cccnc1. The van der Waals surface area contributed by atoms with Crippen molar-refractivity contribution in [2.45, 2.75) is 10.9 Å². The molecular formula is C13H13ClN2O2S. The third-order valence-corrected chi connectivity index (χ3v) is 4.36. The van der Waals surface area contributed by atoms with E-state index in [0.29, 0.717) is 0 Å². The molecule has 0 fully saturated rings. The number of sulfonamides is 1. The molecule has 0 saturated heterocycles. The van der Waals surface area contributed by atoms with Crippen LogP contribution in [0, 0.1) is 0 Å². The molecule has 0 spiro atoms. The van der Waals surface area contributed by atoms with Crippen molar-refractivity contribution in [2.24, 2.45) is 0 Å². The number of nitrogens with zero attached hydrogens (tertiary/aromatic N) is 1. The van der Waals surface area contributed by atoms with Gasteiger partial charge in [-0.3, -0.25) is 4.98 Å². The highest BCUT2D eigenvalue weighted by Crippen LogP contribution is 2.17. The van der Waals surface area contributed by atoms with Crippen LogP contribution in [0.3, 0.4) is 0 Å². The van der Waals surface area contributed by atoms with E-state index < -0.39 is 16.1 Å². The van der Waals surface area contributed by atoms with E-state index >= 15 is 0 Å². The standard InChI is InChI=1S/C13H13ClN2O2S/c14-9-13(11-5-2-1-3-6-11)16-19(17,18)12-7-4-8-15-10-12/h1-8,10,13,16H,9H2. The number of nitrogens with one attached hydrogen (secondary N) is 1. The van der Waals surface area contributed by atoms with Crippen LogP contribution in [-0.2, 0) is 10.0 Å². The molecule has 2 aromatic rings. The molecule has 4 nitrogen and oxygen atoms in total.